The molecule has 3 rings (SSSR count). The predicted molar refractivity (Wildman–Crippen MR) is 140 cm³/mol. The van der Waals surface area contributed by atoms with Gasteiger partial charge in [-0.3, -0.25) is 4.79 Å². The van der Waals surface area contributed by atoms with Crippen molar-refractivity contribution in [3.63, 3.8) is 0 Å². The molecule has 0 fully saturated rings. The molecular weight excluding hydrogens is 443 g/mol. The lowest BCUT2D eigenvalue weighted by Crippen LogP contribution is -2.23. The van der Waals surface area contributed by atoms with Crippen LogP contribution in [0.25, 0.3) is 10.9 Å². The average Bonchev–Trinajstić information content (AvgIpc) is 2.85. The van der Waals surface area contributed by atoms with Crippen LogP contribution in [0, 0.1) is 5.92 Å². The molecule has 190 valence electrons. The Morgan fingerprint density at radius 2 is 1.77 bits per heavy atom. The molecule has 1 aromatic heterocycles. The molecule has 5 nitrogen and oxygen atoms in total. The van der Waals surface area contributed by atoms with Crippen LogP contribution in [0.5, 0.6) is 5.75 Å². The van der Waals surface area contributed by atoms with Crippen LogP contribution >= 0.6 is 0 Å². The third kappa shape index (κ3) is 7.64. The van der Waals surface area contributed by atoms with E-state index in [2.05, 4.69) is 17.2 Å². The number of benzene rings is 2. The molecule has 0 bridgehead atoms. The van der Waals surface area contributed by atoms with E-state index in [1.807, 2.05) is 30.3 Å². The third-order valence-corrected chi connectivity index (χ3v) is 6.94. The number of halogens is 1. The maximum atomic E-state index is 15.2. The number of aliphatic hydroxyl groups excluding tert-OH is 1. The molecule has 3 atom stereocenters. The second-order valence-electron chi connectivity index (χ2n) is 9.75. The van der Waals surface area contributed by atoms with Gasteiger partial charge in [-0.15, -0.1) is 0 Å². The molecule has 0 amide bonds. The van der Waals surface area contributed by atoms with Gasteiger partial charge in [-0.25, -0.2) is 4.39 Å². The van der Waals surface area contributed by atoms with Crippen molar-refractivity contribution < 1.29 is 14.6 Å². The second kappa shape index (κ2) is 12.8. The number of alkyl halides is 1. The zero-order chi connectivity index (χ0) is 25.3. The molecule has 35 heavy (non-hydrogen) atoms. The van der Waals surface area contributed by atoms with Gasteiger partial charge in [0.05, 0.1) is 11.6 Å². The Hall–Kier alpha value is -2.70. The van der Waals surface area contributed by atoms with E-state index in [-0.39, 0.29) is 11.3 Å². The third-order valence-electron chi connectivity index (χ3n) is 6.94. The standard InChI is InChI=1S/C29H39FN2O3/c1-3-21(19-29(2,30)22-12-8-6-9-13-22)11-7-4-5-10-18-31-20-26(34)23-14-16-25(33)28-24(23)15-17-27(35)32-28/h6,8-9,12-17,21,26,31,33-34H,3-5,7,10-11,18-20H2,1-2H3,(H,32,35). The van der Waals surface area contributed by atoms with Crippen LogP contribution in [-0.4, -0.2) is 28.3 Å². The summed E-state index contributed by atoms with van der Waals surface area (Å²) in [5.74, 6) is 0.372. The number of rotatable bonds is 14. The zero-order valence-electron chi connectivity index (χ0n) is 20.9. The molecule has 2 aromatic carbocycles. The van der Waals surface area contributed by atoms with Gasteiger partial charge in [0.1, 0.15) is 11.4 Å². The van der Waals surface area contributed by atoms with Gasteiger partial charge in [-0.1, -0.05) is 75.4 Å². The largest absolute Gasteiger partial charge is 0.506 e. The minimum Gasteiger partial charge on any atom is -0.506 e. The summed E-state index contributed by atoms with van der Waals surface area (Å²) in [6, 6.07) is 15.7. The highest BCUT2D eigenvalue weighted by Gasteiger charge is 2.28. The van der Waals surface area contributed by atoms with Crippen LogP contribution in [0.3, 0.4) is 0 Å². The first-order valence-electron chi connectivity index (χ1n) is 12.8. The number of nitrogens with one attached hydrogen (secondary N) is 2. The van der Waals surface area contributed by atoms with E-state index in [1.165, 1.54) is 12.1 Å². The SMILES string of the molecule is CCC(CCCCCCNCC(O)c1ccc(O)c2[nH]c(=O)ccc12)CC(C)(F)c1ccccc1. The number of hydrogen-bond acceptors (Lipinski definition) is 4. The van der Waals surface area contributed by atoms with E-state index < -0.39 is 11.8 Å². The molecule has 3 aromatic rings. The van der Waals surface area contributed by atoms with E-state index in [9.17, 15) is 15.0 Å². The van der Waals surface area contributed by atoms with Crippen LogP contribution in [0.4, 0.5) is 4.39 Å². The summed E-state index contributed by atoms with van der Waals surface area (Å²) in [5, 5.41) is 24.5. The lowest BCUT2D eigenvalue weighted by atomic mass is 9.84. The molecule has 4 N–H and O–H groups in total. The van der Waals surface area contributed by atoms with Gasteiger partial charge in [0.15, 0.2) is 0 Å². The highest BCUT2D eigenvalue weighted by atomic mass is 19.1. The highest BCUT2D eigenvalue weighted by Crippen LogP contribution is 2.35. The number of phenols is 1. The summed E-state index contributed by atoms with van der Waals surface area (Å²) in [4.78, 5) is 14.2. The van der Waals surface area contributed by atoms with Crippen LogP contribution in [-0.2, 0) is 5.67 Å². The van der Waals surface area contributed by atoms with Gasteiger partial charge in [0.25, 0.3) is 0 Å². The van der Waals surface area contributed by atoms with Crippen molar-refractivity contribution >= 4 is 10.9 Å². The van der Waals surface area contributed by atoms with Crippen molar-refractivity contribution in [1.29, 1.82) is 0 Å². The zero-order valence-corrected chi connectivity index (χ0v) is 20.9. The van der Waals surface area contributed by atoms with Crippen molar-refractivity contribution in [3.8, 4) is 5.75 Å². The van der Waals surface area contributed by atoms with Gasteiger partial charge >= 0.3 is 0 Å². The summed E-state index contributed by atoms with van der Waals surface area (Å²) in [6.07, 6.45) is 6.18. The first-order valence-corrected chi connectivity index (χ1v) is 12.8. The molecule has 6 heteroatoms. The quantitative estimate of drug-likeness (QED) is 0.209. The molecule has 3 unspecified atom stereocenters. The minimum absolute atomic E-state index is 0.0110. The normalized spacial score (nSPS) is 15.1. The van der Waals surface area contributed by atoms with Gasteiger partial charge < -0.3 is 20.5 Å². The van der Waals surface area contributed by atoms with E-state index in [1.54, 1.807) is 19.1 Å². The number of pyridine rings is 1. The Kier molecular flexibility index (Phi) is 9.87. The Morgan fingerprint density at radius 3 is 2.51 bits per heavy atom. The topological polar surface area (TPSA) is 85.3 Å². The van der Waals surface area contributed by atoms with E-state index in [0.717, 1.165) is 50.6 Å². The Morgan fingerprint density at radius 1 is 1.03 bits per heavy atom. The molecule has 0 saturated heterocycles. The number of hydrogen-bond donors (Lipinski definition) is 4. The fourth-order valence-electron chi connectivity index (χ4n) is 4.83. The van der Waals surface area contributed by atoms with Crippen LogP contribution in [0.15, 0.2) is 59.4 Å². The number of unbranched alkanes of at least 4 members (excludes halogenated alkanes) is 3. The molecule has 0 aliphatic heterocycles. The summed E-state index contributed by atoms with van der Waals surface area (Å²) in [7, 11) is 0. The molecule has 1 heterocycles. The van der Waals surface area contributed by atoms with Crippen molar-refractivity contribution in [2.24, 2.45) is 5.92 Å². The molecule has 0 aliphatic rings. The molecule has 0 radical (unpaired) electrons. The predicted octanol–water partition coefficient (Wildman–Crippen LogP) is 6.11. The summed E-state index contributed by atoms with van der Waals surface area (Å²) >= 11 is 0. The first kappa shape index (κ1) is 26.9. The number of H-pyrrole nitrogens is 1. The molecule has 0 spiro atoms. The van der Waals surface area contributed by atoms with Gasteiger partial charge in [0.2, 0.25) is 5.56 Å². The fourth-order valence-corrected chi connectivity index (χ4v) is 4.83. The average molecular weight is 483 g/mol. The number of fused-ring (bicyclic) bond motifs is 1. The maximum Gasteiger partial charge on any atom is 0.248 e. The minimum atomic E-state index is -1.29. The fraction of sp³-hybridized carbons (Fsp3) is 0.483. The van der Waals surface area contributed by atoms with Crippen molar-refractivity contribution in [1.82, 2.24) is 10.3 Å². The first-order chi connectivity index (χ1) is 16.8. The summed E-state index contributed by atoms with van der Waals surface area (Å²) in [5.41, 5.74) is 0.196. The van der Waals surface area contributed by atoms with Crippen LogP contribution < -0.4 is 10.9 Å². The number of aromatic hydroxyl groups is 1. The molecule has 0 aliphatic carbocycles. The van der Waals surface area contributed by atoms with E-state index >= 15 is 4.39 Å². The highest BCUT2D eigenvalue weighted by molar-refractivity contribution is 5.87. The number of phenolic OH excluding ortho intramolecular Hbond substituents is 1. The number of aliphatic hydroxyl groups is 1. The van der Waals surface area contributed by atoms with E-state index in [0.29, 0.717) is 35.3 Å². The second-order valence-corrected chi connectivity index (χ2v) is 9.75. The summed E-state index contributed by atoms with van der Waals surface area (Å²) in [6.45, 7) is 5.05. The van der Waals surface area contributed by atoms with Crippen LogP contribution in [0.2, 0.25) is 0 Å². The maximum absolute atomic E-state index is 15.2. The lowest BCUT2D eigenvalue weighted by molar-refractivity contribution is 0.139. The Balaban J connectivity index is 1.34. The Labute approximate surface area is 207 Å². The van der Waals surface area contributed by atoms with Crippen molar-refractivity contribution in [3.05, 3.63) is 76.1 Å². The van der Waals surface area contributed by atoms with Crippen LogP contribution in [0.1, 0.15) is 76.0 Å². The number of aromatic amines is 1. The van der Waals surface area contributed by atoms with Gasteiger partial charge in [-0.05, 0) is 55.5 Å². The van der Waals surface area contributed by atoms with Gasteiger partial charge in [-0.2, -0.15) is 0 Å². The molecular formula is C29H39FN2O3. The molecule has 0 saturated carbocycles. The van der Waals surface area contributed by atoms with Crippen molar-refractivity contribution in [2.75, 3.05) is 13.1 Å². The van der Waals surface area contributed by atoms with E-state index in [4.69, 9.17) is 0 Å². The van der Waals surface area contributed by atoms with Crippen molar-refractivity contribution in [2.45, 2.75) is 70.6 Å². The smallest absolute Gasteiger partial charge is 0.248 e. The summed E-state index contributed by atoms with van der Waals surface area (Å²) < 4.78 is 15.2. The van der Waals surface area contributed by atoms with Gasteiger partial charge in [0, 0.05) is 18.0 Å². The monoisotopic (exact) mass is 482 g/mol. The lowest BCUT2D eigenvalue weighted by Gasteiger charge is -2.26. The number of aromatic nitrogens is 1. The Bertz CT molecular complexity index is 1110.